The van der Waals surface area contributed by atoms with Crippen LogP contribution in [0.3, 0.4) is 0 Å². The summed E-state index contributed by atoms with van der Waals surface area (Å²) in [7, 11) is 0. The molecule has 0 aliphatic carbocycles. The number of aromatic nitrogens is 1. The average molecular weight is 361 g/mol. The Bertz CT molecular complexity index is 670. The Morgan fingerprint density at radius 1 is 0.850 bits per heavy atom. The summed E-state index contributed by atoms with van der Waals surface area (Å²) in [6.45, 7) is 0. The summed E-state index contributed by atoms with van der Waals surface area (Å²) in [4.78, 5) is 3.72. The molecule has 0 unspecified atom stereocenters. The minimum absolute atomic E-state index is 0.0101. The highest BCUT2D eigenvalue weighted by molar-refractivity contribution is 6.49. The van der Waals surface area contributed by atoms with Crippen LogP contribution < -0.4 is 0 Å². The van der Waals surface area contributed by atoms with E-state index in [1.807, 2.05) is 0 Å². The maximum atomic E-state index is 13.1. The van der Waals surface area contributed by atoms with E-state index in [4.69, 9.17) is 46.4 Å². The molecule has 0 saturated carbocycles. The van der Waals surface area contributed by atoms with Crippen molar-refractivity contribution in [2.24, 2.45) is 0 Å². The quantitative estimate of drug-likeness (QED) is 0.537. The summed E-state index contributed by atoms with van der Waals surface area (Å²) in [5.74, 6) is 0. The van der Waals surface area contributed by atoms with Gasteiger partial charge in [-0.05, 0) is 18.2 Å². The minimum Gasteiger partial charge on any atom is -0.255 e. The van der Waals surface area contributed by atoms with Crippen LogP contribution in [0, 0.1) is 0 Å². The zero-order valence-corrected chi connectivity index (χ0v) is 12.4. The van der Waals surface area contributed by atoms with Gasteiger partial charge in [-0.2, -0.15) is 13.2 Å². The monoisotopic (exact) mass is 359 g/mol. The Morgan fingerprint density at radius 3 is 2.10 bits per heavy atom. The molecule has 20 heavy (non-hydrogen) atoms. The first-order chi connectivity index (χ1) is 9.23. The Labute approximate surface area is 132 Å². The van der Waals surface area contributed by atoms with Gasteiger partial charge in [-0.25, -0.2) is 0 Å². The van der Waals surface area contributed by atoms with Gasteiger partial charge in [-0.1, -0.05) is 46.4 Å². The summed E-state index contributed by atoms with van der Waals surface area (Å²) in [6.07, 6.45) is -3.51. The van der Waals surface area contributed by atoms with Gasteiger partial charge in [0.05, 0.1) is 25.8 Å². The first kappa shape index (κ1) is 15.7. The molecule has 0 fully saturated rings. The molecule has 0 N–H and O–H groups in total. The average Bonchev–Trinajstić information content (AvgIpc) is 2.34. The second-order valence-electron chi connectivity index (χ2n) is 3.74. The van der Waals surface area contributed by atoms with Gasteiger partial charge in [0.15, 0.2) is 0 Å². The van der Waals surface area contributed by atoms with E-state index in [0.29, 0.717) is 0 Å². The Balaban J connectivity index is 2.78. The standard InChI is InChI=1S/C12H4Cl4F3N/c13-6-3-4-20-11(8(6)12(17,18)19)5-1-2-7(14)10(16)9(5)15/h1-4H. The van der Waals surface area contributed by atoms with Crippen LogP contribution in [0.15, 0.2) is 24.4 Å². The molecule has 1 aromatic heterocycles. The molecule has 8 heteroatoms. The van der Waals surface area contributed by atoms with Crippen molar-refractivity contribution in [3.05, 3.63) is 50.0 Å². The van der Waals surface area contributed by atoms with Crippen molar-refractivity contribution in [2.75, 3.05) is 0 Å². The van der Waals surface area contributed by atoms with Crippen molar-refractivity contribution in [1.29, 1.82) is 0 Å². The Kier molecular flexibility index (Phi) is 4.40. The lowest BCUT2D eigenvalue weighted by molar-refractivity contribution is -0.137. The number of benzene rings is 1. The third-order valence-electron chi connectivity index (χ3n) is 2.47. The van der Waals surface area contributed by atoms with E-state index >= 15 is 0 Å². The highest BCUT2D eigenvalue weighted by atomic mass is 35.5. The molecule has 0 spiro atoms. The molecule has 0 amide bonds. The number of hydrogen-bond acceptors (Lipinski definition) is 1. The molecule has 0 aliphatic heterocycles. The maximum Gasteiger partial charge on any atom is 0.419 e. The fourth-order valence-electron chi connectivity index (χ4n) is 1.62. The normalized spacial score (nSPS) is 11.8. The predicted molar refractivity (Wildman–Crippen MR) is 74.7 cm³/mol. The van der Waals surface area contributed by atoms with Crippen LogP contribution in [0.1, 0.15) is 5.56 Å². The summed E-state index contributed by atoms with van der Waals surface area (Å²) in [5, 5.41) is -0.485. The van der Waals surface area contributed by atoms with Gasteiger partial charge in [0.1, 0.15) is 5.56 Å². The third kappa shape index (κ3) is 2.84. The van der Waals surface area contributed by atoms with Crippen LogP contribution in [0.25, 0.3) is 11.3 Å². The number of alkyl halides is 3. The Morgan fingerprint density at radius 2 is 1.50 bits per heavy atom. The lowest BCUT2D eigenvalue weighted by Crippen LogP contribution is -2.09. The van der Waals surface area contributed by atoms with Crippen molar-refractivity contribution >= 4 is 46.4 Å². The highest BCUT2D eigenvalue weighted by Crippen LogP contribution is 2.44. The topological polar surface area (TPSA) is 12.9 Å². The van der Waals surface area contributed by atoms with Crippen LogP contribution in [0.2, 0.25) is 20.1 Å². The summed E-state index contributed by atoms with van der Waals surface area (Å²) in [6, 6.07) is 3.71. The number of hydrogen-bond donors (Lipinski definition) is 0. The van der Waals surface area contributed by atoms with Gasteiger partial charge >= 0.3 is 6.18 Å². The van der Waals surface area contributed by atoms with E-state index in [-0.39, 0.29) is 20.6 Å². The van der Waals surface area contributed by atoms with Gasteiger partial charge in [-0.15, -0.1) is 0 Å². The second-order valence-corrected chi connectivity index (χ2v) is 5.31. The van der Waals surface area contributed by atoms with Gasteiger partial charge in [0.2, 0.25) is 0 Å². The van der Waals surface area contributed by atoms with E-state index < -0.39 is 22.5 Å². The van der Waals surface area contributed by atoms with E-state index in [9.17, 15) is 13.2 Å². The number of nitrogens with zero attached hydrogens (tertiary/aromatic N) is 1. The molecule has 106 valence electrons. The van der Waals surface area contributed by atoms with Crippen LogP contribution in [-0.4, -0.2) is 4.98 Å². The number of halogens is 7. The lowest BCUT2D eigenvalue weighted by Gasteiger charge is -2.15. The molecule has 0 bridgehead atoms. The zero-order chi connectivity index (χ0) is 15.1. The highest BCUT2D eigenvalue weighted by Gasteiger charge is 2.37. The van der Waals surface area contributed by atoms with E-state index in [1.165, 1.54) is 12.1 Å². The molecule has 1 nitrogen and oxygen atoms in total. The smallest absolute Gasteiger partial charge is 0.255 e. The molecular weight excluding hydrogens is 357 g/mol. The Hall–Kier alpha value is -0.680. The van der Waals surface area contributed by atoms with Crippen molar-refractivity contribution in [3.63, 3.8) is 0 Å². The molecule has 2 aromatic rings. The minimum atomic E-state index is -4.67. The van der Waals surface area contributed by atoms with Crippen LogP contribution in [0.4, 0.5) is 13.2 Å². The maximum absolute atomic E-state index is 13.1. The lowest BCUT2D eigenvalue weighted by atomic mass is 10.1. The number of pyridine rings is 1. The van der Waals surface area contributed by atoms with Gasteiger partial charge in [0, 0.05) is 11.8 Å². The van der Waals surface area contributed by atoms with Crippen molar-refractivity contribution in [3.8, 4) is 11.3 Å². The SMILES string of the molecule is FC(F)(F)c1c(Cl)ccnc1-c1ccc(Cl)c(Cl)c1Cl. The molecule has 0 radical (unpaired) electrons. The molecule has 1 heterocycles. The largest absolute Gasteiger partial charge is 0.419 e. The summed E-state index contributed by atoms with van der Waals surface area (Å²) >= 11 is 23.1. The van der Waals surface area contributed by atoms with Crippen LogP contribution in [0.5, 0.6) is 0 Å². The van der Waals surface area contributed by atoms with E-state index in [2.05, 4.69) is 4.98 Å². The zero-order valence-electron chi connectivity index (χ0n) is 9.40. The first-order valence-corrected chi connectivity index (χ1v) is 6.60. The van der Waals surface area contributed by atoms with Gasteiger partial charge in [-0.3, -0.25) is 4.98 Å². The fraction of sp³-hybridized carbons (Fsp3) is 0.0833. The third-order valence-corrected chi connectivity index (χ3v) is 4.08. The van der Waals surface area contributed by atoms with Gasteiger partial charge < -0.3 is 0 Å². The van der Waals surface area contributed by atoms with Gasteiger partial charge in [0.25, 0.3) is 0 Å². The van der Waals surface area contributed by atoms with E-state index in [1.54, 1.807) is 0 Å². The van der Waals surface area contributed by atoms with Crippen molar-refractivity contribution in [2.45, 2.75) is 6.18 Å². The number of rotatable bonds is 1. The first-order valence-electron chi connectivity index (χ1n) is 5.09. The second kappa shape index (κ2) is 5.60. The van der Waals surface area contributed by atoms with E-state index in [0.717, 1.165) is 12.3 Å². The summed E-state index contributed by atoms with van der Waals surface area (Å²) in [5.41, 5.74) is -1.45. The molecule has 0 atom stereocenters. The molecular formula is C12H4Cl4F3N. The van der Waals surface area contributed by atoms with Crippen molar-refractivity contribution in [1.82, 2.24) is 4.98 Å². The van der Waals surface area contributed by atoms with Crippen LogP contribution >= 0.6 is 46.4 Å². The molecule has 0 saturated heterocycles. The summed E-state index contributed by atoms with van der Waals surface area (Å²) < 4.78 is 39.2. The fourth-order valence-corrected chi connectivity index (χ4v) is 2.50. The molecule has 0 aliphatic rings. The molecule has 1 aromatic carbocycles. The van der Waals surface area contributed by atoms with Crippen molar-refractivity contribution < 1.29 is 13.2 Å². The predicted octanol–water partition coefficient (Wildman–Crippen LogP) is 6.38. The molecule has 2 rings (SSSR count). The van der Waals surface area contributed by atoms with Crippen LogP contribution in [-0.2, 0) is 6.18 Å².